The number of rotatable bonds is 3. The summed E-state index contributed by atoms with van der Waals surface area (Å²) in [5.74, 6) is 0. The third-order valence-electron chi connectivity index (χ3n) is 6.61. The Hall–Kier alpha value is -3.38. The van der Waals surface area contributed by atoms with Gasteiger partial charge in [-0.1, -0.05) is 149 Å². The summed E-state index contributed by atoms with van der Waals surface area (Å²) in [6, 6.07) is 24.2. The number of hydrogen-bond donors (Lipinski definition) is 0. The van der Waals surface area contributed by atoms with Crippen molar-refractivity contribution in [3.8, 4) is 11.1 Å². The monoisotopic (exact) mass is 522 g/mol. The van der Waals surface area contributed by atoms with Crippen molar-refractivity contribution in [1.29, 1.82) is 0 Å². The van der Waals surface area contributed by atoms with E-state index >= 15 is 0 Å². The Morgan fingerprint density at radius 1 is 0.667 bits per heavy atom. The summed E-state index contributed by atoms with van der Waals surface area (Å²) < 4.78 is 0. The number of unbranched alkanes of at least 4 members (excludes halogenated alkanes) is 1. The summed E-state index contributed by atoms with van der Waals surface area (Å²) in [5, 5.41) is 0. The second kappa shape index (κ2) is 19.7. The van der Waals surface area contributed by atoms with Gasteiger partial charge in [-0.2, -0.15) is 0 Å². The van der Waals surface area contributed by atoms with Crippen molar-refractivity contribution in [3.63, 3.8) is 0 Å². The quantitative estimate of drug-likeness (QED) is 0.237. The molecule has 0 heteroatoms. The van der Waals surface area contributed by atoms with Gasteiger partial charge in [0.05, 0.1) is 0 Å². The summed E-state index contributed by atoms with van der Waals surface area (Å²) in [5.41, 5.74) is 11.1. The molecule has 1 aliphatic carbocycles. The summed E-state index contributed by atoms with van der Waals surface area (Å²) in [4.78, 5) is 0. The molecule has 0 unspecified atom stereocenters. The number of benzene rings is 3. The van der Waals surface area contributed by atoms with Gasteiger partial charge in [-0.3, -0.25) is 0 Å². The fraction of sp³-hybridized carbons (Fsp3) is 0.333. The highest BCUT2D eigenvalue weighted by atomic mass is 14.4. The van der Waals surface area contributed by atoms with Gasteiger partial charge in [-0.15, -0.1) is 13.2 Å². The number of fused-ring (bicyclic) bond motifs is 3. The normalized spacial score (nSPS) is 12.4. The van der Waals surface area contributed by atoms with Crippen molar-refractivity contribution >= 4 is 5.57 Å². The molecule has 210 valence electrons. The molecule has 0 bridgehead atoms. The van der Waals surface area contributed by atoms with Crippen LogP contribution in [0.4, 0.5) is 0 Å². The Balaban J connectivity index is 0.000000563. The van der Waals surface area contributed by atoms with Crippen LogP contribution in [0.1, 0.15) is 96.0 Å². The van der Waals surface area contributed by atoms with Crippen molar-refractivity contribution in [1.82, 2.24) is 0 Å². The first kappa shape index (κ1) is 35.6. The minimum absolute atomic E-state index is 0.152. The van der Waals surface area contributed by atoms with Crippen LogP contribution in [0.25, 0.3) is 16.7 Å². The van der Waals surface area contributed by atoms with E-state index in [2.05, 4.69) is 147 Å². The molecular formula is C39H54. The van der Waals surface area contributed by atoms with Crippen LogP contribution < -0.4 is 0 Å². The summed E-state index contributed by atoms with van der Waals surface area (Å²) in [7, 11) is 0. The van der Waals surface area contributed by atoms with Crippen LogP contribution in [0.15, 0.2) is 110 Å². The first-order valence-electron chi connectivity index (χ1n) is 14.4. The van der Waals surface area contributed by atoms with Crippen LogP contribution >= 0.6 is 0 Å². The van der Waals surface area contributed by atoms with Crippen LogP contribution in [-0.4, -0.2) is 0 Å². The molecule has 3 aromatic rings. The molecule has 0 fully saturated rings. The molecule has 0 N–H and O–H groups in total. The van der Waals surface area contributed by atoms with E-state index in [1.54, 1.807) is 0 Å². The maximum absolute atomic E-state index is 3.00. The second-order valence-corrected chi connectivity index (χ2v) is 10.00. The van der Waals surface area contributed by atoms with E-state index in [0.717, 1.165) is 0 Å². The van der Waals surface area contributed by atoms with Crippen LogP contribution in [0.3, 0.4) is 0 Å². The highest BCUT2D eigenvalue weighted by Gasteiger charge is 2.34. The largest absolute Gasteiger partial charge is 0.106 e. The standard InChI is InChI=1S/C16H16.C13H16.C4H10.C4H8.C2H4/c1-11-8-9-15-13(10-11)12-6-4-5-7-14(12)16(15,2)3;1-4-6-12(5-2)13-9-7-11(3)8-10-13;2*1-3-4-2;1-2/h4-10H,1-3H3;4-10H,1-3H3;3-4H2,1-2H3;3-4H,1-2H3;1-2H2/b;6-4-,12-5+;;4-3+;. The lowest BCUT2D eigenvalue weighted by Gasteiger charge is -2.21. The summed E-state index contributed by atoms with van der Waals surface area (Å²) in [6.07, 6.45) is 13.0. The third-order valence-corrected chi connectivity index (χ3v) is 6.61. The lowest BCUT2D eigenvalue weighted by molar-refractivity contribution is 0.660. The van der Waals surface area contributed by atoms with Crippen LogP contribution in [0.5, 0.6) is 0 Å². The smallest absolute Gasteiger partial charge is 0.0158 e. The number of aryl methyl sites for hydroxylation is 2. The Labute approximate surface area is 241 Å². The molecule has 0 nitrogen and oxygen atoms in total. The fourth-order valence-corrected chi connectivity index (χ4v) is 4.12. The van der Waals surface area contributed by atoms with Gasteiger partial charge in [0.15, 0.2) is 0 Å². The van der Waals surface area contributed by atoms with Gasteiger partial charge in [0.25, 0.3) is 0 Å². The lowest BCUT2D eigenvalue weighted by atomic mass is 9.82. The highest BCUT2D eigenvalue weighted by Crippen LogP contribution is 2.48. The number of allylic oxidation sites excluding steroid dienone is 6. The van der Waals surface area contributed by atoms with E-state index in [1.807, 2.05) is 32.9 Å². The summed E-state index contributed by atoms with van der Waals surface area (Å²) >= 11 is 0. The lowest BCUT2D eigenvalue weighted by Crippen LogP contribution is -2.14. The molecule has 0 heterocycles. The second-order valence-electron chi connectivity index (χ2n) is 10.00. The molecule has 0 amide bonds. The maximum atomic E-state index is 3.00. The van der Waals surface area contributed by atoms with Crippen molar-refractivity contribution < 1.29 is 0 Å². The fourth-order valence-electron chi connectivity index (χ4n) is 4.12. The van der Waals surface area contributed by atoms with Gasteiger partial charge in [-0.05, 0) is 74.9 Å². The molecule has 0 atom stereocenters. The molecular weight excluding hydrogens is 468 g/mol. The van der Waals surface area contributed by atoms with E-state index < -0.39 is 0 Å². The van der Waals surface area contributed by atoms with Gasteiger partial charge in [0.2, 0.25) is 0 Å². The van der Waals surface area contributed by atoms with E-state index in [0.29, 0.717) is 0 Å². The molecule has 0 radical (unpaired) electrons. The molecule has 0 saturated heterocycles. The molecule has 1 aliphatic rings. The Morgan fingerprint density at radius 2 is 1.18 bits per heavy atom. The van der Waals surface area contributed by atoms with Crippen molar-refractivity contribution in [2.45, 2.75) is 87.5 Å². The van der Waals surface area contributed by atoms with E-state index in [9.17, 15) is 0 Å². The van der Waals surface area contributed by atoms with Crippen molar-refractivity contribution in [2.75, 3.05) is 0 Å². The minimum atomic E-state index is 0.152. The molecule has 3 aromatic carbocycles. The number of hydrogen-bond acceptors (Lipinski definition) is 0. The Morgan fingerprint density at radius 3 is 1.67 bits per heavy atom. The van der Waals surface area contributed by atoms with E-state index in [4.69, 9.17) is 0 Å². The topological polar surface area (TPSA) is 0 Å². The van der Waals surface area contributed by atoms with Gasteiger partial charge in [0, 0.05) is 5.41 Å². The van der Waals surface area contributed by atoms with Gasteiger partial charge in [-0.25, -0.2) is 0 Å². The first-order chi connectivity index (χ1) is 18.7. The average Bonchev–Trinajstić information content (AvgIpc) is 3.20. The molecule has 39 heavy (non-hydrogen) atoms. The zero-order valence-electron chi connectivity index (χ0n) is 26.6. The minimum Gasteiger partial charge on any atom is -0.106 e. The average molecular weight is 523 g/mol. The SMILES string of the molecule is C/C=C/C.C/C=C\C(=C/C)c1ccc(C)cc1.C=C.CCCC.Cc1ccc2c(c1)-c1ccccc1C2(C)C. The zero-order chi connectivity index (χ0) is 29.8. The zero-order valence-corrected chi connectivity index (χ0v) is 26.6. The van der Waals surface area contributed by atoms with Gasteiger partial charge >= 0.3 is 0 Å². The predicted molar refractivity (Wildman–Crippen MR) is 181 cm³/mol. The van der Waals surface area contributed by atoms with Gasteiger partial charge < -0.3 is 0 Å². The third kappa shape index (κ3) is 11.1. The Kier molecular flexibility index (Phi) is 18.0. The molecule has 0 saturated carbocycles. The summed E-state index contributed by atoms with van der Waals surface area (Å²) in [6.45, 7) is 27.4. The molecule has 0 spiro atoms. The van der Waals surface area contributed by atoms with E-state index in [-0.39, 0.29) is 5.41 Å². The predicted octanol–water partition coefficient (Wildman–Crippen LogP) is 12.5. The van der Waals surface area contributed by atoms with Crippen LogP contribution in [0, 0.1) is 13.8 Å². The van der Waals surface area contributed by atoms with Crippen molar-refractivity contribution in [3.05, 3.63) is 138 Å². The van der Waals surface area contributed by atoms with Crippen LogP contribution in [0.2, 0.25) is 0 Å². The highest BCUT2D eigenvalue weighted by molar-refractivity contribution is 5.81. The first-order valence-corrected chi connectivity index (χ1v) is 14.4. The maximum Gasteiger partial charge on any atom is 0.0158 e. The molecule has 4 rings (SSSR count). The van der Waals surface area contributed by atoms with Crippen molar-refractivity contribution in [2.24, 2.45) is 0 Å². The van der Waals surface area contributed by atoms with Gasteiger partial charge in [0.1, 0.15) is 0 Å². The Bertz CT molecular complexity index is 1160. The molecule has 0 aromatic heterocycles. The van der Waals surface area contributed by atoms with Crippen LogP contribution in [-0.2, 0) is 5.41 Å². The molecule has 0 aliphatic heterocycles. The van der Waals surface area contributed by atoms with E-state index in [1.165, 1.54) is 57.4 Å².